The predicted molar refractivity (Wildman–Crippen MR) is 67.9 cm³/mol. The quantitative estimate of drug-likeness (QED) is 0.719. The van der Waals surface area contributed by atoms with Crippen LogP contribution in [0.2, 0.25) is 0 Å². The van der Waals surface area contributed by atoms with Crippen LogP contribution in [0.1, 0.15) is 6.92 Å². The highest BCUT2D eigenvalue weighted by Gasteiger charge is 2.22. The van der Waals surface area contributed by atoms with Gasteiger partial charge in [0.05, 0.1) is 0 Å². The maximum Gasteiger partial charge on any atom is 0.328 e. The fraction of sp³-hybridized carbons (Fsp3) is 0.222. The van der Waals surface area contributed by atoms with Crippen LogP contribution < -0.4 is 15.8 Å². The van der Waals surface area contributed by atoms with Crippen molar-refractivity contribution in [3.05, 3.63) is 22.4 Å². The molecule has 4 N–H and O–H groups in total. The average molecular weight is 340 g/mol. The highest BCUT2D eigenvalue weighted by molar-refractivity contribution is 9.10. The molecule has 0 saturated carbocycles. The van der Waals surface area contributed by atoms with E-state index in [0.717, 1.165) is 12.1 Å². The first kappa shape index (κ1) is 14.7. The number of rotatable bonds is 3. The lowest BCUT2D eigenvalue weighted by molar-refractivity contribution is 0.246. The van der Waals surface area contributed by atoms with Gasteiger partial charge in [-0.25, -0.2) is 22.3 Å². The highest BCUT2D eigenvalue weighted by atomic mass is 79.9. The summed E-state index contributed by atoms with van der Waals surface area (Å²) in [7, 11) is -4.29. The molecule has 18 heavy (non-hydrogen) atoms. The summed E-state index contributed by atoms with van der Waals surface area (Å²) in [6, 6.07) is 0.918. The van der Waals surface area contributed by atoms with Crippen LogP contribution in [-0.4, -0.2) is 21.0 Å². The van der Waals surface area contributed by atoms with Gasteiger partial charge < -0.3 is 11.1 Å². The number of carbonyl (C=O) groups is 1. The lowest BCUT2D eigenvalue weighted by Gasteiger charge is -2.09. The minimum Gasteiger partial charge on any atom is -0.398 e. The molecule has 0 aliphatic heterocycles. The van der Waals surface area contributed by atoms with E-state index in [0.29, 0.717) is 0 Å². The number of anilines is 1. The fourth-order valence-electron chi connectivity index (χ4n) is 1.12. The molecule has 0 bridgehead atoms. The summed E-state index contributed by atoms with van der Waals surface area (Å²) in [5, 5.41) is 2.22. The van der Waals surface area contributed by atoms with Crippen LogP contribution in [0.4, 0.5) is 14.9 Å². The molecule has 2 amide bonds. The highest BCUT2D eigenvalue weighted by Crippen LogP contribution is 2.25. The molecule has 0 heterocycles. The molecule has 100 valence electrons. The number of urea groups is 1. The fourth-order valence-corrected chi connectivity index (χ4v) is 2.46. The number of halogens is 2. The van der Waals surface area contributed by atoms with Gasteiger partial charge in [-0.2, -0.15) is 0 Å². The molecule has 1 aromatic rings. The zero-order chi connectivity index (χ0) is 13.9. The number of hydrogen-bond donors (Lipinski definition) is 3. The minimum atomic E-state index is -4.29. The van der Waals surface area contributed by atoms with Gasteiger partial charge in [0.2, 0.25) is 0 Å². The van der Waals surface area contributed by atoms with Crippen LogP contribution in [0.15, 0.2) is 21.5 Å². The number of hydrogen-bond acceptors (Lipinski definition) is 4. The normalized spacial score (nSPS) is 11.1. The van der Waals surface area contributed by atoms with Crippen molar-refractivity contribution in [3.8, 4) is 0 Å². The standard InChI is InChI=1S/C9H11BrFN3O3S/c1-2-13-9(15)14-18(16,17)8-4-7(12)5(10)3-6(8)11/h3-4H,2,12H2,1H3,(H2,13,14,15). The van der Waals surface area contributed by atoms with Gasteiger partial charge >= 0.3 is 6.03 Å². The molecule has 0 atom stereocenters. The molecule has 9 heteroatoms. The van der Waals surface area contributed by atoms with Crippen molar-refractivity contribution in [2.45, 2.75) is 11.8 Å². The maximum absolute atomic E-state index is 13.5. The summed E-state index contributed by atoms with van der Waals surface area (Å²) in [6.07, 6.45) is 0. The van der Waals surface area contributed by atoms with Gasteiger partial charge in [-0.05, 0) is 35.0 Å². The number of nitrogen functional groups attached to an aromatic ring is 1. The summed E-state index contributed by atoms with van der Waals surface area (Å²) < 4.78 is 38.9. The second-order valence-corrected chi connectivity index (χ2v) is 5.77. The van der Waals surface area contributed by atoms with Gasteiger partial charge in [0.25, 0.3) is 10.0 Å². The molecule has 6 nitrogen and oxygen atoms in total. The Morgan fingerprint density at radius 2 is 2.11 bits per heavy atom. The van der Waals surface area contributed by atoms with E-state index in [4.69, 9.17) is 5.73 Å². The Balaban J connectivity index is 3.13. The average Bonchev–Trinajstić information content (AvgIpc) is 2.22. The van der Waals surface area contributed by atoms with Crippen molar-refractivity contribution in [3.63, 3.8) is 0 Å². The third kappa shape index (κ3) is 3.33. The predicted octanol–water partition coefficient (Wildman–Crippen LogP) is 1.18. The zero-order valence-corrected chi connectivity index (χ0v) is 11.7. The molecule has 0 unspecified atom stereocenters. The van der Waals surface area contributed by atoms with Gasteiger partial charge in [-0.15, -0.1) is 0 Å². The Labute approximate surface area is 112 Å². The van der Waals surface area contributed by atoms with Gasteiger partial charge in [0.1, 0.15) is 10.7 Å². The molecule has 0 aliphatic carbocycles. The van der Waals surface area contributed by atoms with Crippen LogP contribution in [0, 0.1) is 5.82 Å². The third-order valence-corrected chi connectivity index (χ3v) is 3.94. The monoisotopic (exact) mass is 339 g/mol. The molecular weight excluding hydrogens is 329 g/mol. The molecule has 0 aromatic heterocycles. The van der Waals surface area contributed by atoms with Gasteiger partial charge in [-0.3, -0.25) is 0 Å². The first-order valence-electron chi connectivity index (χ1n) is 4.83. The van der Waals surface area contributed by atoms with E-state index in [1.807, 2.05) is 0 Å². The van der Waals surface area contributed by atoms with Crippen molar-refractivity contribution < 1.29 is 17.6 Å². The number of benzene rings is 1. The van der Waals surface area contributed by atoms with E-state index in [1.54, 1.807) is 11.6 Å². The minimum absolute atomic E-state index is 0.0488. The summed E-state index contributed by atoms with van der Waals surface area (Å²) >= 11 is 2.96. The number of nitrogens with two attached hydrogens (primary N) is 1. The molecule has 0 fully saturated rings. The molecule has 0 radical (unpaired) electrons. The summed E-state index contributed by atoms with van der Waals surface area (Å²) in [5.74, 6) is -1.01. The lowest BCUT2D eigenvalue weighted by atomic mass is 10.3. The first-order valence-corrected chi connectivity index (χ1v) is 7.10. The van der Waals surface area contributed by atoms with E-state index in [2.05, 4.69) is 21.2 Å². The topological polar surface area (TPSA) is 101 Å². The van der Waals surface area contributed by atoms with E-state index in [9.17, 15) is 17.6 Å². The molecule has 1 rings (SSSR count). The van der Waals surface area contributed by atoms with E-state index < -0.39 is 26.8 Å². The second kappa shape index (κ2) is 5.53. The van der Waals surface area contributed by atoms with Crippen molar-refractivity contribution >= 4 is 37.7 Å². The molecule has 1 aromatic carbocycles. The van der Waals surface area contributed by atoms with Gasteiger partial charge in [0.15, 0.2) is 0 Å². The van der Waals surface area contributed by atoms with Crippen molar-refractivity contribution in [1.82, 2.24) is 10.0 Å². The van der Waals surface area contributed by atoms with E-state index in [1.165, 1.54) is 0 Å². The Kier molecular flexibility index (Phi) is 4.52. The molecule has 0 aliphatic rings. The van der Waals surface area contributed by atoms with Gasteiger partial charge in [-0.1, -0.05) is 0 Å². The van der Waals surface area contributed by atoms with Crippen molar-refractivity contribution in [1.29, 1.82) is 0 Å². The van der Waals surface area contributed by atoms with Crippen LogP contribution >= 0.6 is 15.9 Å². The number of amides is 2. The van der Waals surface area contributed by atoms with Crippen LogP contribution in [0.3, 0.4) is 0 Å². The Hall–Kier alpha value is -1.35. The smallest absolute Gasteiger partial charge is 0.328 e. The SMILES string of the molecule is CCNC(=O)NS(=O)(=O)c1cc(N)c(Br)cc1F. The van der Waals surface area contributed by atoms with Gasteiger partial charge in [0, 0.05) is 16.7 Å². The summed E-state index contributed by atoms with van der Waals surface area (Å²) in [4.78, 5) is 10.4. The molecule has 0 spiro atoms. The third-order valence-electron chi connectivity index (χ3n) is 1.91. The van der Waals surface area contributed by atoms with Crippen LogP contribution in [0.5, 0.6) is 0 Å². The molecule has 0 saturated heterocycles. The summed E-state index contributed by atoms with van der Waals surface area (Å²) in [6.45, 7) is 1.86. The zero-order valence-electron chi connectivity index (χ0n) is 9.33. The number of carbonyl (C=O) groups excluding carboxylic acids is 1. The van der Waals surface area contributed by atoms with Crippen LogP contribution in [-0.2, 0) is 10.0 Å². The molecular formula is C9H11BrFN3O3S. The van der Waals surface area contributed by atoms with Crippen molar-refractivity contribution in [2.75, 3.05) is 12.3 Å². The van der Waals surface area contributed by atoms with E-state index >= 15 is 0 Å². The number of sulfonamides is 1. The number of nitrogens with one attached hydrogen (secondary N) is 2. The summed E-state index contributed by atoms with van der Waals surface area (Å²) in [5.41, 5.74) is 5.52. The largest absolute Gasteiger partial charge is 0.398 e. The van der Waals surface area contributed by atoms with Crippen LogP contribution in [0.25, 0.3) is 0 Å². The Morgan fingerprint density at radius 3 is 2.67 bits per heavy atom. The lowest BCUT2D eigenvalue weighted by Crippen LogP contribution is -2.39. The Bertz CT molecular complexity index is 577. The maximum atomic E-state index is 13.5. The first-order chi connectivity index (χ1) is 8.27. The Morgan fingerprint density at radius 1 is 1.50 bits per heavy atom. The van der Waals surface area contributed by atoms with E-state index in [-0.39, 0.29) is 16.7 Å². The second-order valence-electron chi connectivity index (χ2n) is 3.27. The van der Waals surface area contributed by atoms with Crippen molar-refractivity contribution in [2.24, 2.45) is 0 Å².